The Kier molecular flexibility index (Phi) is 11.5. The first-order chi connectivity index (χ1) is 17.4. The molecule has 37 heavy (non-hydrogen) atoms. The van der Waals surface area contributed by atoms with Gasteiger partial charge in [-0.3, -0.25) is 4.79 Å². The molecule has 2 unspecified atom stereocenters. The zero-order chi connectivity index (χ0) is 27.8. The van der Waals surface area contributed by atoms with E-state index in [9.17, 15) is 22.9 Å². The number of aryl methyl sites for hydroxylation is 1. The summed E-state index contributed by atoms with van der Waals surface area (Å²) in [5.74, 6) is -0.00171. The Morgan fingerprint density at radius 1 is 1.24 bits per heavy atom. The molecule has 2 atom stereocenters. The normalized spacial score (nSPS) is 14.4. The van der Waals surface area contributed by atoms with E-state index in [-0.39, 0.29) is 18.3 Å². The summed E-state index contributed by atoms with van der Waals surface area (Å²) in [6.07, 6.45) is 1.53. The smallest absolute Gasteiger partial charge is 0.269 e. The van der Waals surface area contributed by atoms with Crippen LogP contribution in [0.5, 0.6) is 0 Å². The van der Waals surface area contributed by atoms with E-state index in [0.29, 0.717) is 21.9 Å². The van der Waals surface area contributed by atoms with Gasteiger partial charge in [0.15, 0.2) is 0 Å². The molecular weight excluding hydrogens is 517 g/mol. The molecule has 2 aromatic rings. The van der Waals surface area contributed by atoms with Gasteiger partial charge in [-0.1, -0.05) is 56.7 Å². The molecule has 1 aromatic heterocycles. The fraction of sp³-hybridized carbons (Fsp3) is 0.429. The minimum Gasteiger partial charge on any atom is -0.269 e. The molecule has 1 heterocycles. The lowest BCUT2D eigenvalue weighted by Crippen LogP contribution is -2.16. The Bertz CT molecular complexity index is 1170. The second-order valence-electron chi connectivity index (χ2n) is 8.92. The van der Waals surface area contributed by atoms with Gasteiger partial charge in [-0.25, -0.2) is 4.98 Å². The number of thiazole rings is 1. The predicted molar refractivity (Wildman–Crippen MR) is 148 cm³/mol. The average Bonchev–Trinajstić information content (AvgIpc) is 3.22. The molecule has 1 aromatic carbocycles. The van der Waals surface area contributed by atoms with Crippen molar-refractivity contribution in [3.8, 4) is 10.6 Å². The van der Waals surface area contributed by atoms with E-state index in [0.717, 1.165) is 46.0 Å². The molecule has 1 amide bonds. The van der Waals surface area contributed by atoms with E-state index >= 15 is 0 Å². The van der Waals surface area contributed by atoms with Crippen LogP contribution in [0.1, 0.15) is 63.1 Å². The first-order valence-corrected chi connectivity index (χ1v) is 13.9. The van der Waals surface area contributed by atoms with Crippen LogP contribution in [0.15, 0.2) is 64.2 Å². The lowest BCUT2D eigenvalue weighted by atomic mass is 9.83. The van der Waals surface area contributed by atoms with Gasteiger partial charge >= 0.3 is 6.18 Å². The second-order valence-corrected chi connectivity index (χ2v) is 11.1. The molecule has 2 rings (SSSR count). The number of aromatic nitrogens is 1. The summed E-state index contributed by atoms with van der Waals surface area (Å²) in [5.41, 5.74) is 2.65. The lowest BCUT2D eigenvalue weighted by molar-refractivity contribution is -0.137. The highest BCUT2D eigenvalue weighted by molar-refractivity contribution is 8.02. The SMILES string of the molecule is C=C(CC(=O)N=O)C(CC)C(C)/C(=C\C(C)=C/CC)SCc1sc(-c2ccc(C(F)(F)F)cc2)nc1C. The number of thioether (sulfide) groups is 1. The first-order valence-electron chi connectivity index (χ1n) is 12.1. The fourth-order valence-electron chi connectivity index (χ4n) is 4.10. The molecule has 4 nitrogen and oxygen atoms in total. The number of carbonyl (C=O) groups excluding carboxylic acids is 1. The van der Waals surface area contributed by atoms with Crippen LogP contribution >= 0.6 is 23.1 Å². The Morgan fingerprint density at radius 2 is 1.89 bits per heavy atom. The van der Waals surface area contributed by atoms with Crippen molar-refractivity contribution in [2.24, 2.45) is 17.0 Å². The Hall–Kier alpha value is -2.52. The molecule has 0 saturated heterocycles. The predicted octanol–water partition coefficient (Wildman–Crippen LogP) is 9.51. The van der Waals surface area contributed by atoms with Crippen LogP contribution in [0.25, 0.3) is 10.6 Å². The van der Waals surface area contributed by atoms with E-state index in [1.807, 2.05) is 20.8 Å². The number of nitrogens with zero attached hydrogens (tertiary/aromatic N) is 2. The van der Waals surface area contributed by atoms with Gasteiger partial charge in [0.25, 0.3) is 5.91 Å². The van der Waals surface area contributed by atoms with Crippen LogP contribution in [0.2, 0.25) is 0 Å². The number of alkyl halides is 3. The van der Waals surface area contributed by atoms with Crippen molar-refractivity contribution in [3.63, 3.8) is 0 Å². The monoisotopic (exact) mass is 550 g/mol. The van der Waals surface area contributed by atoms with Crippen molar-refractivity contribution in [2.45, 2.75) is 65.8 Å². The molecular formula is C28H33F3N2O2S2. The third-order valence-corrected chi connectivity index (χ3v) is 8.76. The molecule has 0 fully saturated rings. The van der Waals surface area contributed by atoms with E-state index in [4.69, 9.17) is 0 Å². The minimum absolute atomic E-state index is 0.00384. The zero-order valence-corrected chi connectivity index (χ0v) is 23.4. The number of hydrogen-bond acceptors (Lipinski definition) is 5. The molecule has 0 aliphatic carbocycles. The Balaban J connectivity index is 2.28. The highest BCUT2D eigenvalue weighted by Crippen LogP contribution is 2.40. The van der Waals surface area contributed by atoms with Gasteiger partial charge in [0, 0.05) is 21.4 Å². The van der Waals surface area contributed by atoms with Gasteiger partial charge in [-0.05, 0) is 61.6 Å². The van der Waals surface area contributed by atoms with Crippen LogP contribution in [-0.4, -0.2) is 10.9 Å². The van der Waals surface area contributed by atoms with Crippen LogP contribution in [0, 0.1) is 23.7 Å². The number of benzene rings is 1. The molecule has 0 bridgehead atoms. The van der Waals surface area contributed by atoms with Crippen molar-refractivity contribution in [2.75, 3.05) is 0 Å². The van der Waals surface area contributed by atoms with Gasteiger partial charge in [0.2, 0.25) is 0 Å². The number of hydrogen-bond donors (Lipinski definition) is 0. The van der Waals surface area contributed by atoms with E-state index in [1.54, 1.807) is 11.8 Å². The lowest BCUT2D eigenvalue weighted by Gasteiger charge is -2.27. The van der Waals surface area contributed by atoms with Crippen LogP contribution in [-0.2, 0) is 16.7 Å². The maximum Gasteiger partial charge on any atom is 0.416 e. The number of allylic oxidation sites excluding steroid dienone is 4. The van der Waals surface area contributed by atoms with Crippen LogP contribution in [0.3, 0.4) is 0 Å². The number of carbonyl (C=O) groups is 1. The summed E-state index contributed by atoms with van der Waals surface area (Å²) in [4.78, 5) is 29.0. The number of nitroso groups, excluding NO2 is 1. The average molecular weight is 551 g/mol. The van der Waals surface area contributed by atoms with Gasteiger partial charge in [0.1, 0.15) is 5.01 Å². The third kappa shape index (κ3) is 8.78. The highest BCUT2D eigenvalue weighted by Gasteiger charge is 2.30. The summed E-state index contributed by atoms with van der Waals surface area (Å²) >= 11 is 3.16. The molecule has 0 N–H and O–H groups in total. The van der Waals surface area contributed by atoms with Crippen molar-refractivity contribution >= 4 is 29.0 Å². The fourth-order valence-corrected chi connectivity index (χ4v) is 6.58. The Labute approximate surface area is 225 Å². The molecule has 0 radical (unpaired) electrons. The van der Waals surface area contributed by atoms with Crippen LogP contribution < -0.4 is 0 Å². The van der Waals surface area contributed by atoms with E-state index < -0.39 is 17.6 Å². The van der Waals surface area contributed by atoms with Crippen molar-refractivity contribution in [3.05, 3.63) is 80.1 Å². The highest BCUT2D eigenvalue weighted by atomic mass is 32.2. The molecule has 0 aliphatic rings. The van der Waals surface area contributed by atoms with Crippen molar-refractivity contribution < 1.29 is 18.0 Å². The largest absolute Gasteiger partial charge is 0.416 e. The molecule has 200 valence electrons. The number of rotatable bonds is 12. The standard InChI is InChI=1S/C28H33F3N2O2S2/c1-7-9-17(3)14-24(19(5)23(8-2)18(4)15-26(34)33-35)36-16-25-20(6)32-27(37-25)21-10-12-22(13-11-21)28(29,30)31/h9-14,19,23H,4,7-8,15-16H2,1-3,5-6H3/b17-9-,24-14+. The van der Waals surface area contributed by atoms with E-state index in [1.165, 1.54) is 23.5 Å². The van der Waals surface area contributed by atoms with Gasteiger partial charge in [-0.15, -0.1) is 28.0 Å². The maximum atomic E-state index is 12.9. The summed E-state index contributed by atoms with van der Waals surface area (Å²) in [5, 5.41) is 3.19. The summed E-state index contributed by atoms with van der Waals surface area (Å²) < 4.78 is 38.8. The molecule has 9 heteroatoms. The van der Waals surface area contributed by atoms with Gasteiger partial charge in [-0.2, -0.15) is 13.2 Å². The quantitative estimate of drug-likeness (QED) is 0.150. The minimum atomic E-state index is -4.37. The van der Waals surface area contributed by atoms with Crippen LogP contribution in [0.4, 0.5) is 13.2 Å². The summed E-state index contributed by atoms with van der Waals surface area (Å²) in [7, 11) is 0. The number of amides is 1. The first kappa shape index (κ1) is 30.7. The summed E-state index contributed by atoms with van der Waals surface area (Å²) in [6.45, 7) is 14.2. The van der Waals surface area contributed by atoms with E-state index in [2.05, 4.69) is 42.7 Å². The Morgan fingerprint density at radius 3 is 2.43 bits per heavy atom. The second kappa shape index (κ2) is 13.9. The molecule has 0 aliphatic heterocycles. The topological polar surface area (TPSA) is 59.4 Å². The van der Waals surface area contributed by atoms with Gasteiger partial charge < -0.3 is 0 Å². The van der Waals surface area contributed by atoms with Crippen molar-refractivity contribution in [1.82, 2.24) is 4.98 Å². The zero-order valence-electron chi connectivity index (χ0n) is 21.8. The molecule has 0 spiro atoms. The third-order valence-electron chi connectivity index (χ3n) is 6.11. The van der Waals surface area contributed by atoms with Crippen molar-refractivity contribution in [1.29, 1.82) is 0 Å². The van der Waals surface area contributed by atoms with Gasteiger partial charge in [0.05, 0.1) is 17.7 Å². The summed E-state index contributed by atoms with van der Waals surface area (Å²) in [6, 6.07) is 5.07. The maximum absolute atomic E-state index is 12.9. The molecule has 0 saturated carbocycles. The number of halogens is 3.